The Labute approximate surface area is 78.3 Å². The first kappa shape index (κ1) is 12.3. The Hall–Kier alpha value is -0.650. The standard InChI is InChI=1S/C8H18N2O3/c1-2-3-8(13)9-10(4-6-11)5-7-12/h11-12H,2-7H2,1H3,(H,9,13). The molecule has 0 aliphatic carbocycles. The van der Waals surface area contributed by atoms with Gasteiger partial charge in [-0.15, -0.1) is 0 Å². The van der Waals surface area contributed by atoms with E-state index in [1.54, 1.807) is 0 Å². The van der Waals surface area contributed by atoms with E-state index in [0.29, 0.717) is 19.5 Å². The Balaban J connectivity index is 3.71. The lowest BCUT2D eigenvalue weighted by Gasteiger charge is -2.20. The van der Waals surface area contributed by atoms with Crippen LogP contribution in [0.3, 0.4) is 0 Å². The maximum atomic E-state index is 11.1. The van der Waals surface area contributed by atoms with Gasteiger partial charge < -0.3 is 10.2 Å². The van der Waals surface area contributed by atoms with Gasteiger partial charge in [-0.1, -0.05) is 6.92 Å². The number of hydrogen-bond acceptors (Lipinski definition) is 4. The molecule has 0 saturated carbocycles. The smallest absolute Gasteiger partial charge is 0.234 e. The van der Waals surface area contributed by atoms with Crippen LogP contribution < -0.4 is 5.43 Å². The van der Waals surface area contributed by atoms with Crippen molar-refractivity contribution in [3.05, 3.63) is 0 Å². The number of nitrogens with zero attached hydrogens (tertiary/aromatic N) is 1. The summed E-state index contributed by atoms with van der Waals surface area (Å²) in [7, 11) is 0. The zero-order chi connectivity index (χ0) is 10.1. The molecule has 0 fully saturated rings. The molecule has 13 heavy (non-hydrogen) atoms. The minimum absolute atomic E-state index is 0.0353. The summed E-state index contributed by atoms with van der Waals surface area (Å²) >= 11 is 0. The van der Waals surface area contributed by atoms with Crippen LogP contribution in [-0.4, -0.2) is 47.4 Å². The first-order valence-corrected chi connectivity index (χ1v) is 4.50. The first-order valence-electron chi connectivity index (χ1n) is 4.50. The van der Waals surface area contributed by atoms with Crippen molar-refractivity contribution >= 4 is 5.91 Å². The van der Waals surface area contributed by atoms with Crippen molar-refractivity contribution in [1.82, 2.24) is 10.4 Å². The average molecular weight is 190 g/mol. The zero-order valence-corrected chi connectivity index (χ0v) is 7.99. The fraction of sp³-hybridized carbons (Fsp3) is 0.875. The van der Waals surface area contributed by atoms with E-state index in [1.165, 1.54) is 5.01 Å². The lowest BCUT2D eigenvalue weighted by atomic mass is 10.3. The molecule has 0 saturated heterocycles. The van der Waals surface area contributed by atoms with Crippen molar-refractivity contribution in [2.45, 2.75) is 19.8 Å². The van der Waals surface area contributed by atoms with Crippen molar-refractivity contribution in [3.63, 3.8) is 0 Å². The summed E-state index contributed by atoms with van der Waals surface area (Å²) in [5.41, 5.74) is 2.59. The van der Waals surface area contributed by atoms with E-state index in [-0.39, 0.29) is 19.1 Å². The Kier molecular flexibility index (Phi) is 7.57. The van der Waals surface area contributed by atoms with Crippen molar-refractivity contribution in [2.24, 2.45) is 0 Å². The highest BCUT2D eigenvalue weighted by Crippen LogP contribution is 1.88. The lowest BCUT2D eigenvalue weighted by Crippen LogP contribution is -2.45. The maximum absolute atomic E-state index is 11.1. The molecule has 1 amide bonds. The van der Waals surface area contributed by atoms with E-state index >= 15 is 0 Å². The second-order valence-corrected chi connectivity index (χ2v) is 2.72. The topological polar surface area (TPSA) is 72.8 Å². The lowest BCUT2D eigenvalue weighted by molar-refractivity contribution is -0.126. The number of nitrogens with one attached hydrogen (secondary N) is 1. The third-order valence-corrected chi connectivity index (χ3v) is 1.50. The van der Waals surface area contributed by atoms with E-state index in [2.05, 4.69) is 5.43 Å². The third-order valence-electron chi connectivity index (χ3n) is 1.50. The SMILES string of the molecule is CCCC(=O)NN(CCO)CCO. The summed E-state index contributed by atoms with van der Waals surface area (Å²) in [5.74, 6) is -0.0793. The van der Waals surface area contributed by atoms with Crippen molar-refractivity contribution in [1.29, 1.82) is 0 Å². The first-order chi connectivity index (χ1) is 6.24. The largest absolute Gasteiger partial charge is 0.395 e. The van der Waals surface area contributed by atoms with E-state index in [9.17, 15) is 4.79 Å². The van der Waals surface area contributed by atoms with Crippen LogP contribution in [0.4, 0.5) is 0 Å². The molecular formula is C8H18N2O3. The second kappa shape index (κ2) is 7.97. The van der Waals surface area contributed by atoms with Gasteiger partial charge in [0.1, 0.15) is 0 Å². The normalized spacial score (nSPS) is 10.5. The molecule has 0 aromatic carbocycles. The van der Waals surface area contributed by atoms with Crippen LogP contribution in [0.25, 0.3) is 0 Å². The van der Waals surface area contributed by atoms with E-state index < -0.39 is 0 Å². The summed E-state index contributed by atoms with van der Waals surface area (Å²) in [5, 5.41) is 18.8. The van der Waals surface area contributed by atoms with Gasteiger partial charge in [-0.05, 0) is 6.42 Å². The van der Waals surface area contributed by atoms with Gasteiger partial charge in [-0.3, -0.25) is 10.2 Å². The number of aliphatic hydroxyl groups excluding tert-OH is 2. The predicted molar refractivity (Wildman–Crippen MR) is 48.8 cm³/mol. The van der Waals surface area contributed by atoms with Crippen LogP contribution in [0, 0.1) is 0 Å². The minimum atomic E-state index is -0.0793. The fourth-order valence-corrected chi connectivity index (χ4v) is 0.924. The molecule has 5 nitrogen and oxygen atoms in total. The molecule has 78 valence electrons. The minimum Gasteiger partial charge on any atom is -0.395 e. The molecule has 0 spiro atoms. The van der Waals surface area contributed by atoms with Gasteiger partial charge in [0.2, 0.25) is 5.91 Å². The molecule has 0 aliphatic heterocycles. The number of aliphatic hydroxyl groups is 2. The van der Waals surface area contributed by atoms with Crippen molar-refractivity contribution in [3.8, 4) is 0 Å². The number of carbonyl (C=O) groups excluding carboxylic acids is 1. The van der Waals surface area contributed by atoms with Crippen LogP contribution in [0.5, 0.6) is 0 Å². The zero-order valence-electron chi connectivity index (χ0n) is 7.99. The Morgan fingerprint density at radius 3 is 2.23 bits per heavy atom. The molecule has 5 heteroatoms. The van der Waals surface area contributed by atoms with Crippen LogP contribution in [-0.2, 0) is 4.79 Å². The molecule has 0 aromatic rings. The van der Waals surface area contributed by atoms with E-state index in [1.807, 2.05) is 6.92 Å². The van der Waals surface area contributed by atoms with Crippen LogP contribution >= 0.6 is 0 Å². The highest BCUT2D eigenvalue weighted by Gasteiger charge is 2.06. The Bertz CT molecular complexity index is 135. The van der Waals surface area contributed by atoms with Gasteiger partial charge in [-0.25, -0.2) is 5.01 Å². The fourth-order valence-electron chi connectivity index (χ4n) is 0.924. The number of rotatable bonds is 7. The van der Waals surface area contributed by atoms with Gasteiger partial charge in [0.05, 0.1) is 13.2 Å². The number of amides is 1. The molecule has 0 aliphatic rings. The molecule has 0 heterocycles. The molecule has 0 bridgehead atoms. The number of carbonyl (C=O) groups is 1. The van der Waals surface area contributed by atoms with Gasteiger partial charge >= 0.3 is 0 Å². The summed E-state index contributed by atoms with van der Waals surface area (Å²) < 4.78 is 0. The summed E-state index contributed by atoms with van der Waals surface area (Å²) in [4.78, 5) is 11.1. The highest BCUT2D eigenvalue weighted by atomic mass is 16.3. The molecule has 0 aromatic heterocycles. The second-order valence-electron chi connectivity index (χ2n) is 2.72. The van der Waals surface area contributed by atoms with Crippen LogP contribution in [0.15, 0.2) is 0 Å². The van der Waals surface area contributed by atoms with Gasteiger partial charge in [-0.2, -0.15) is 0 Å². The molecule has 0 radical (unpaired) electrons. The third kappa shape index (κ3) is 6.51. The van der Waals surface area contributed by atoms with Gasteiger partial charge in [0, 0.05) is 19.5 Å². The van der Waals surface area contributed by atoms with Crippen molar-refractivity contribution in [2.75, 3.05) is 26.3 Å². The maximum Gasteiger partial charge on any atom is 0.234 e. The van der Waals surface area contributed by atoms with Crippen LogP contribution in [0.2, 0.25) is 0 Å². The Morgan fingerprint density at radius 1 is 1.31 bits per heavy atom. The van der Waals surface area contributed by atoms with E-state index in [0.717, 1.165) is 6.42 Å². The summed E-state index contributed by atoms with van der Waals surface area (Å²) in [6.45, 7) is 2.53. The quantitative estimate of drug-likeness (QED) is 0.455. The molecule has 0 unspecified atom stereocenters. The predicted octanol–water partition coefficient (Wildman–Crippen LogP) is -0.896. The highest BCUT2D eigenvalue weighted by molar-refractivity contribution is 5.75. The summed E-state index contributed by atoms with van der Waals surface area (Å²) in [6, 6.07) is 0. The Morgan fingerprint density at radius 2 is 1.85 bits per heavy atom. The van der Waals surface area contributed by atoms with Gasteiger partial charge in [0.15, 0.2) is 0 Å². The molecule has 0 atom stereocenters. The monoisotopic (exact) mass is 190 g/mol. The summed E-state index contributed by atoms with van der Waals surface area (Å²) in [6.07, 6.45) is 1.26. The van der Waals surface area contributed by atoms with E-state index in [4.69, 9.17) is 10.2 Å². The van der Waals surface area contributed by atoms with Crippen molar-refractivity contribution < 1.29 is 15.0 Å². The van der Waals surface area contributed by atoms with Crippen LogP contribution in [0.1, 0.15) is 19.8 Å². The molecule has 3 N–H and O–H groups in total. The average Bonchev–Trinajstić information content (AvgIpc) is 2.05. The number of hydrogen-bond donors (Lipinski definition) is 3. The molecular weight excluding hydrogens is 172 g/mol. The molecule has 0 rings (SSSR count). The van der Waals surface area contributed by atoms with Gasteiger partial charge in [0.25, 0.3) is 0 Å². The number of hydrazine groups is 1.